The van der Waals surface area contributed by atoms with E-state index >= 15 is 0 Å². The number of para-hydroxylation sites is 2. The van der Waals surface area contributed by atoms with Crippen LogP contribution in [0.1, 0.15) is 26.2 Å². The van der Waals surface area contributed by atoms with Crippen LogP contribution in [-0.2, 0) is 0 Å². The molecule has 2 heteroatoms. The van der Waals surface area contributed by atoms with E-state index in [9.17, 15) is 0 Å². The fraction of sp³-hybridized carbons (Fsp3) is 0.538. The van der Waals surface area contributed by atoms with E-state index in [-0.39, 0.29) is 0 Å². The maximum atomic E-state index is 5.96. The second-order valence-corrected chi connectivity index (χ2v) is 4.23. The number of unbranched alkanes of at least 4 members (excludes halogenated alkanes) is 1. The molecule has 0 spiro atoms. The molecule has 1 aromatic carbocycles. The molecular weight excluding hydrogens is 186 g/mol. The molecule has 2 rings (SSSR count). The quantitative estimate of drug-likeness (QED) is 0.752. The Balaban J connectivity index is 2.08. The van der Waals surface area contributed by atoms with Gasteiger partial charge in [0.05, 0.1) is 12.2 Å². The summed E-state index contributed by atoms with van der Waals surface area (Å²) >= 11 is 0. The van der Waals surface area contributed by atoms with Gasteiger partial charge >= 0.3 is 0 Å². The van der Waals surface area contributed by atoms with Gasteiger partial charge in [-0.1, -0.05) is 25.5 Å². The first-order valence-corrected chi connectivity index (χ1v) is 5.78. The first kappa shape index (κ1) is 10.3. The summed E-state index contributed by atoms with van der Waals surface area (Å²) in [4.78, 5) is 2.29. The summed E-state index contributed by atoms with van der Waals surface area (Å²) in [6.45, 7) is 3.23. The molecule has 0 amide bonds. The number of fused-ring (bicyclic) bond motifs is 1. The molecule has 1 atom stereocenters. The SMILES string of the molecule is CCCC[C@H]1CN(C)c2ccccc2O1. The lowest BCUT2D eigenvalue weighted by molar-refractivity contribution is 0.183. The highest BCUT2D eigenvalue weighted by Crippen LogP contribution is 2.32. The highest BCUT2D eigenvalue weighted by molar-refractivity contribution is 5.59. The van der Waals surface area contributed by atoms with Gasteiger partial charge in [-0.15, -0.1) is 0 Å². The van der Waals surface area contributed by atoms with Crippen LogP contribution in [0.25, 0.3) is 0 Å². The van der Waals surface area contributed by atoms with Crippen molar-refractivity contribution in [3.05, 3.63) is 24.3 Å². The van der Waals surface area contributed by atoms with Crippen LogP contribution in [0.3, 0.4) is 0 Å². The number of anilines is 1. The van der Waals surface area contributed by atoms with E-state index in [1.165, 1.54) is 18.5 Å². The fourth-order valence-electron chi connectivity index (χ4n) is 2.07. The highest BCUT2D eigenvalue weighted by atomic mass is 16.5. The van der Waals surface area contributed by atoms with Crippen molar-refractivity contribution >= 4 is 5.69 Å². The number of ether oxygens (including phenoxy) is 1. The Hall–Kier alpha value is -1.18. The molecule has 2 nitrogen and oxygen atoms in total. The summed E-state index contributed by atoms with van der Waals surface area (Å²) in [5.74, 6) is 1.03. The minimum absolute atomic E-state index is 0.366. The Kier molecular flexibility index (Phi) is 3.14. The summed E-state index contributed by atoms with van der Waals surface area (Å²) < 4.78 is 5.96. The van der Waals surface area contributed by atoms with Crippen LogP contribution in [0.15, 0.2) is 24.3 Å². The standard InChI is InChI=1S/C13H19NO/c1-3-4-7-11-10-14(2)12-8-5-6-9-13(12)15-11/h5-6,8-9,11H,3-4,7,10H2,1-2H3/t11-/m0/s1. The summed E-state index contributed by atoms with van der Waals surface area (Å²) in [6.07, 6.45) is 4.02. The first-order valence-electron chi connectivity index (χ1n) is 5.78. The van der Waals surface area contributed by atoms with Gasteiger partial charge in [0, 0.05) is 7.05 Å². The summed E-state index contributed by atoms with van der Waals surface area (Å²) in [5, 5.41) is 0. The number of rotatable bonds is 3. The third-order valence-corrected chi connectivity index (χ3v) is 2.93. The van der Waals surface area contributed by atoms with Crippen molar-refractivity contribution in [3.8, 4) is 5.75 Å². The van der Waals surface area contributed by atoms with Crippen LogP contribution < -0.4 is 9.64 Å². The van der Waals surface area contributed by atoms with E-state index in [1.54, 1.807) is 0 Å². The normalized spacial score (nSPS) is 19.6. The molecule has 82 valence electrons. The van der Waals surface area contributed by atoms with Crippen LogP contribution in [0.2, 0.25) is 0 Å². The predicted octanol–water partition coefficient (Wildman–Crippen LogP) is 3.07. The third kappa shape index (κ3) is 2.25. The second kappa shape index (κ2) is 4.56. The molecule has 0 saturated heterocycles. The van der Waals surface area contributed by atoms with E-state index in [1.807, 2.05) is 6.07 Å². The molecular formula is C13H19NO. The number of hydrogen-bond donors (Lipinski definition) is 0. The molecule has 1 aliphatic rings. The van der Waals surface area contributed by atoms with Crippen molar-refractivity contribution < 1.29 is 4.74 Å². The van der Waals surface area contributed by atoms with Crippen molar-refractivity contribution in [1.82, 2.24) is 0 Å². The van der Waals surface area contributed by atoms with Gasteiger partial charge in [0.15, 0.2) is 0 Å². The van der Waals surface area contributed by atoms with Crippen LogP contribution >= 0.6 is 0 Å². The first-order chi connectivity index (χ1) is 7.31. The molecule has 0 aromatic heterocycles. The molecule has 0 saturated carbocycles. The Morgan fingerprint density at radius 1 is 1.40 bits per heavy atom. The number of likely N-dealkylation sites (N-methyl/N-ethyl adjacent to an activating group) is 1. The van der Waals surface area contributed by atoms with Gasteiger partial charge < -0.3 is 9.64 Å². The van der Waals surface area contributed by atoms with Crippen molar-refractivity contribution in [2.24, 2.45) is 0 Å². The number of nitrogens with zero attached hydrogens (tertiary/aromatic N) is 1. The van der Waals surface area contributed by atoms with Gasteiger partial charge in [0.2, 0.25) is 0 Å². The topological polar surface area (TPSA) is 12.5 Å². The average molecular weight is 205 g/mol. The van der Waals surface area contributed by atoms with E-state index in [0.29, 0.717) is 6.10 Å². The fourth-order valence-corrected chi connectivity index (χ4v) is 2.07. The zero-order chi connectivity index (χ0) is 10.7. The Labute approximate surface area is 91.9 Å². The van der Waals surface area contributed by atoms with E-state index in [2.05, 4.69) is 37.1 Å². The molecule has 0 N–H and O–H groups in total. The van der Waals surface area contributed by atoms with Crippen molar-refractivity contribution in [2.45, 2.75) is 32.3 Å². The Morgan fingerprint density at radius 3 is 3.00 bits per heavy atom. The molecule has 0 aliphatic carbocycles. The zero-order valence-corrected chi connectivity index (χ0v) is 9.57. The zero-order valence-electron chi connectivity index (χ0n) is 9.57. The number of hydrogen-bond acceptors (Lipinski definition) is 2. The van der Waals surface area contributed by atoms with Crippen LogP contribution in [0, 0.1) is 0 Å². The van der Waals surface area contributed by atoms with E-state index in [4.69, 9.17) is 4.74 Å². The molecule has 15 heavy (non-hydrogen) atoms. The minimum atomic E-state index is 0.366. The predicted molar refractivity (Wildman–Crippen MR) is 63.7 cm³/mol. The largest absolute Gasteiger partial charge is 0.486 e. The van der Waals surface area contributed by atoms with Gasteiger partial charge in [-0.25, -0.2) is 0 Å². The van der Waals surface area contributed by atoms with Gasteiger partial charge in [-0.05, 0) is 25.0 Å². The lowest BCUT2D eigenvalue weighted by atomic mass is 10.1. The number of benzene rings is 1. The third-order valence-electron chi connectivity index (χ3n) is 2.93. The summed E-state index contributed by atoms with van der Waals surface area (Å²) in [7, 11) is 2.14. The van der Waals surface area contributed by atoms with Crippen LogP contribution in [0.4, 0.5) is 5.69 Å². The van der Waals surface area contributed by atoms with Gasteiger partial charge in [0.1, 0.15) is 11.9 Å². The Morgan fingerprint density at radius 2 is 2.20 bits per heavy atom. The van der Waals surface area contributed by atoms with E-state index < -0.39 is 0 Å². The maximum absolute atomic E-state index is 5.96. The monoisotopic (exact) mass is 205 g/mol. The maximum Gasteiger partial charge on any atom is 0.143 e. The van der Waals surface area contributed by atoms with Gasteiger partial charge in [-0.3, -0.25) is 0 Å². The highest BCUT2D eigenvalue weighted by Gasteiger charge is 2.21. The minimum Gasteiger partial charge on any atom is -0.486 e. The van der Waals surface area contributed by atoms with Crippen LogP contribution in [0.5, 0.6) is 5.75 Å². The van der Waals surface area contributed by atoms with Crippen molar-refractivity contribution in [1.29, 1.82) is 0 Å². The average Bonchev–Trinajstić information content (AvgIpc) is 2.26. The smallest absolute Gasteiger partial charge is 0.143 e. The van der Waals surface area contributed by atoms with Gasteiger partial charge in [-0.2, -0.15) is 0 Å². The summed E-state index contributed by atoms with van der Waals surface area (Å²) in [6, 6.07) is 8.27. The lowest BCUT2D eigenvalue weighted by Gasteiger charge is -2.33. The molecule has 0 bridgehead atoms. The van der Waals surface area contributed by atoms with Crippen LogP contribution in [-0.4, -0.2) is 19.7 Å². The van der Waals surface area contributed by atoms with Crippen molar-refractivity contribution in [3.63, 3.8) is 0 Å². The lowest BCUT2D eigenvalue weighted by Crippen LogP contribution is -2.37. The van der Waals surface area contributed by atoms with Crippen molar-refractivity contribution in [2.75, 3.05) is 18.5 Å². The molecule has 1 aromatic rings. The molecule has 0 radical (unpaired) electrons. The van der Waals surface area contributed by atoms with Gasteiger partial charge in [0.25, 0.3) is 0 Å². The second-order valence-electron chi connectivity index (χ2n) is 4.23. The molecule has 1 aliphatic heterocycles. The molecule has 1 heterocycles. The van der Waals surface area contributed by atoms with E-state index in [0.717, 1.165) is 18.7 Å². The molecule has 0 fully saturated rings. The Bertz CT molecular complexity index is 324. The summed E-state index contributed by atoms with van der Waals surface area (Å²) in [5.41, 5.74) is 1.21. The molecule has 0 unspecified atom stereocenters.